The summed E-state index contributed by atoms with van der Waals surface area (Å²) < 4.78 is 5.74. The van der Waals surface area contributed by atoms with Crippen LogP contribution >= 0.6 is 0 Å². The Morgan fingerprint density at radius 2 is 1.95 bits per heavy atom. The second-order valence-corrected chi connectivity index (χ2v) is 7.08. The lowest BCUT2D eigenvalue weighted by molar-refractivity contribution is -0.0271. The Morgan fingerprint density at radius 1 is 1.11 bits per heavy atom. The molecule has 3 fully saturated rings. The van der Waals surface area contributed by atoms with E-state index in [9.17, 15) is 0 Å². The van der Waals surface area contributed by atoms with Crippen LogP contribution < -0.4 is 5.73 Å². The zero-order chi connectivity index (χ0) is 13.1. The summed E-state index contributed by atoms with van der Waals surface area (Å²) in [5.41, 5.74) is 6.36. The normalized spacial score (nSPS) is 38.1. The number of hydrogen-bond donors (Lipinski definition) is 1. The Balaban J connectivity index is 1.63. The summed E-state index contributed by atoms with van der Waals surface area (Å²) >= 11 is 0. The maximum atomic E-state index is 6.11. The summed E-state index contributed by atoms with van der Waals surface area (Å²) in [5, 5.41) is 0. The third-order valence-corrected chi connectivity index (χ3v) is 5.73. The molecule has 0 bridgehead atoms. The highest BCUT2D eigenvalue weighted by Gasteiger charge is 2.39. The molecule has 2 unspecified atom stereocenters. The largest absolute Gasteiger partial charge is 0.381 e. The predicted molar refractivity (Wildman–Crippen MR) is 78.1 cm³/mol. The molecule has 1 saturated carbocycles. The molecule has 3 aliphatic rings. The first-order chi connectivity index (χ1) is 9.33. The van der Waals surface area contributed by atoms with Gasteiger partial charge in [-0.3, -0.25) is 4.90 Å². The lowest BCUT2D eigenvalue weighted by Crippen LogP contribution is -2.50. The van der Waals surface area contributed by atoms with Gasteiger partial charge in [0.15, 0.2) is 0 Å². The first-order valence-corrected chi connectivity index (χ1v) is 8.35. The van der Waals surface area contributed by atoms with Gasteiger partial charge in [0, 0.05) is 31.2 Å². The van der Waals surface area contributed by atoms with Crippen LogP contribution in [0.1, 0.15) is 51.4 Å². The van der Waals surface area contributed by atoms with Gasteiger partial charge in [-0.1, -0.05) is 12.8 Å². The Bertz CT molecular complexity index is 282. The van der Waals surface area contributed by atoms with Crippen molar-refractivity contribution < 1.29 is 4.74 Å². The molecule has 0 spiro atoms. The van der Waals surface area contributed by atoms with Gasteiger partial charge in [-0.05, 0) is 51.0 Å². The highest BCUT2D eigenvalue weighted by atomic mass is 16.5. The van der Waals surface area contributed by atoms with Gasteiger partial charge in [0.25, 0.3) is 0 Å². The number of ether oxygens (including phenoxy) is 1. The average Bonchev–Trinajstić information content (AvgIpc) is 3.10. The molecule has 19 heavy (non-hydrogen) atoms. The van der Waals surface area contributed by atoms with E-state index in [1.807, 2.05) is 0 Å². The summed E-state index contributed by atoms with van der Waals surface area (Å²) in [6.45, 7) is 5.10. The van der Waals surface area contributed by atoms with Crippen molar-refractivity contribution in [1.82, 2.24) is 4.90 Å². The molecule has 0 radical (unpaired) electrons. The summed E-state index contributed by atoms with van der Waals surface area (Å²) in [6.07, 6.45) is 11.1. The van der Waals surface area contributed by atoms with Crippen molar-refractivity contribution in [2.75, 3.05) is 32.8 Å². The first-order valence-electron chi connectivity index (χ1n) is 8.35. The van der Waals surface area contributed by atoms with Crippen molar-refractivity contribution in [2.45, 2.75) is 57.4 Å². The van der Waals surface area contributed by atoms with Crippen LogP contribution in [-0.4, -0.2) is 43.8 Å². The maximum Gasteiger partial charge on any atom is 0.0546 e. The minimum atomic E-state index is 0.249. The maximum absolute atomic E-state index is 6.11. The van der Waals surface area contributed by atoms with Crippen LogP contribution in [0.25, 0.3) is 0 Å². The summed E-state index contributed by atoms with van der Waals surface area (Å²) in [4.78, 5) is 2.78. The van der Waals surface area contributed by atoms with Crippen molar-refractivity contribution in [3.8, 4) is 0 Å². The molecule has 3 heteroatoms. The third kappa shape index (κ3) is 2.98. The Labute approximate surface area is 117 Å². The molecule has 110 valence electrons. The van der Waals surface area contributed by atoms with Crippen molar-refractivity contribution >= 4 is 0 Å². The molecule has 0 aromatic heterocycles. The van der Waals surface area contributed by atoms with Gasteiger partial charge < -0.3 is 10.5 Å². The lowest BCUT2D eigenvalue weighted by atomic mass is 9.81. The van der Waals surface area contributed by atoms with Crippen LogP contribution in [-0.2, 0) is 4.74 Å². The quantitative estimate of drug-likeness (QED) is 0.849. The zero-order valence-electron chi connectivity index (χ0n) is 12.3. The topological polar surface area (TPSA) is 38.5 Å². The molecular formula is C16H30N2O. The van der Waals surface area contributed by atoms with Gasteiger partial charge in [0.05, 0.1) is 6.61 Å². The van der Waals surface area contributed by atoms with Crippen LogP contribution in [0.5, 0.6) is 0 Å². The van der Waals surface area contributed by atoms with Gasteiger partial charge in [-0.25, -0.2) is 0 Å². The van der Waals surface area contributed by atoms with Crippen molar-refractivity contribution in [3.63, 3.8) is 0 Å². The molecule has 2 heterocycles. The number of nitrogens with zero attached hydrogens (tertiary/aromatic N) is 1. The molecule has 1 aliphatic carbocycles. The lowest BCUT2D eigenvalue weighted by Gasteiger charge is -2.41. The van der Waals surface area contributed by atoms with E-state index in [1.165, 1.54) is 64.5 Å². The van der Waals surface area contributed by atoms with Crippen LogP contribution in [0.3, 0.4) is 0 Å². The fourth-order valence-electron chi connectivity index (χ4n) is 4.62. The molecule has 2 aliphatic heterocycles. The van der Waals surface area contributed by atoms with Crippen LogP contribution in [0.15, 0.2) is 0 Å². The number of likely N-dealkylation sites (tertiary alicyclic amines) is 1. The highest BCUT2D eigenvalue weighted by Crippen LogP contribution is 2.38. The molecule has 2 N–H and O–H groups in total. The van der Waals surface area contributed by atoms with E-state index in [0.29, 0.717) is 0 Å². The smallest absolute Gasteiger partial charge is 0.0546 e. The Morgan fingerprint density at radius 3 is 2.63 bits per heavy atom. The molecule has 0 aromatic carbocycles. The second-order valence-electron chi connectivity index (χ2n) is 7.08. The van der Waals surface area contributed by atoms with E-state index in [4.69, 9.17) is 10.5 Å². The van der Waals surface area contributed by atoms with Crippen molar-refractivity contribution in [3.05, 3.63) is 0 Å². The Hall–Kier alpha value is -0.120. The van der Waals surface area contributed by atoms with E-state index in [0.717, 1.165) is 31.7 Å². The summed E-state index contributed by atoms with van der Waals surface area (Å²) in [7, 11) is 0. The zero-order valence-corrected chi connectivity index (χ0v) is 12.3. The van der Waals surface area contributed by atoms with Crippen molar-refractivity contribution in [1.29, 1.82) is 0 Å². The van der Waals surface area contributed by atoms with E-state index in [-0.39, 0.29) is 5.41 Å². The first kappa shape index (κ1) is 13.8. The van der Waals surface area contributed by atoms with E-state index in [2.05, 4.69) is 4.90 Å². The standard InChI is InChI=1S/C16H30N2O/c17-11-16(8-4-10-19-13-16)12-18-9-3-7-15(18)14-5-1-2-6-14/h14-15H,1-13,17H2. The third-order valence-electron chi connectivity index (χ3n) is 5.73. The minimum Gasteiger partial charge on any atom is -0.381 e. The van der Waals surface area contributed by atoms with Gasteiger partial charge >= 0.3 is 0 Å². The molecule has 3 rings (SSSR count). The summed E-state index contributed by atoms with van der Waals surface area (Å²) in [5.74, 6) is 0.974. The van der Waals surface area contributed by atoms with Gasteiger partial charge in [-0.2, -0.15) is 0 Å². The van der Waals surface area contributed by atoms with E-state index < -0.39 is 0 Å². The fraction of sp³-hybridized carbons (Fsp3) is 1.00. The molecule has 0 amide bonds. The predicted octanol–water partition coefficient (Wildman–Crippen LogP) is 2.40. The van der Waals surface area contributed by atoms with Gasteiger partial charge in [0.2, 0.25) is 0 Å². The van der Waals surface area contributed by atoms with Crippen LogP contribution in [0.2, 0.25) is 0 Å². The monoisotopic (exact) mass is 266 g/mol. The summed E-state index contributed by atoms with van der Waals surface area (Å²) in [6, 6.07) is 0.854. The second kappa shape index (κ2) is 6.11. The molecule has 2 atom stereocenters. The number of rotatable bonds is 4. The van der Waals surface area contributed by atoms with Crippen LogP contribution in [0.4, 0.5) is 0 Å². The van der Waals surface area contributed by atoms with Gasteiger partial charge in [0.1, 0.15) is 0 Å². The highest BCUT2D eigenvalue weighted by molar-refractivity contribution is 4.93. The number of hydrogen-bond acceptors (Lipinski definition) is 3. The molecule has 3 nitrogen and oxygen atoms in total. The molecule has 2 saturated heterocycles. The van der Waals surface area contributed by atoms with Crippen LogP contribution in [0, 0.1) is 11.3 Å². The Kier molecular flexibility index (Phi) is 4.45. The minimum absolute atomic E-state index is 0.249. The fourth-order valence-corrected chi connectivity index (χ4v) is 4.62. The van der Waals surface area contributed by atoms with E-state index >= 15 is 0 Å². The number of nitrogens with two attached hydrogens (primary N) is 1. The molecule has 0 aromatic rings. The SMILES string of the molecule is NCC1(CN2CCCC2C2CCCC2)CCCOC1. The molecular weight excluding hydrogens is 236 g/mol. The van der Waals surface area contributed by atoms with Crippen molar-refractivity contribution in [2.24, 2.45) is 17.1 Å². The average molecular weight is 266 g/mol. The van der Waals surface area contributed by atoms with Gasteiger partial charge in [-0.15, -0.1) is 0 Å². The van der Waals surface area contributed by atoms with E-state index in [1.54, 1.807) is 0 Å².